The highest BCUT2D eigenvalue weighted by atomic mass is 127. The molecule has 0 saturated heterocycles. The molecule has 0 fully saturated rings. The van der Waals surface area contributed by atoms with Crippen LogP contribution in [0.4, 0.5) is 4.39 Å². The SMILES string of the molecule is CCCNC(c1cscc1Br)c1ccc(F)cc1I. The summed E-state index contributed by atoms with van der Waals surface area (Å²) in [6, 6.07) is 5.08. The molecule has 0 aliphatic heterocycles. The van der Waals surface area contributed by atoms with Gasteiger partial charge in [0.1, 0.15) is 5.82 Å². The highest BCUT2D eigenvalue weighted by Gasteiger charge is 2.19. The molecule has 0 saturated carbocycles. The van der Waals surface area contributed by atoms with Crippen LogP contribution < -0.4 is 5.32 Å². The molecular weight excluding hydrogens is 440 g/mol. The molecule has 1 aromatic heterocycles. The number of halogens is 3. The Labute approximate surface area is 138 Å². The summed E-state index contributed by atoms with van der Waals surface area (Å²) < 4.78 is 15.3. The molecule has 19 heavy (non-hydrogen) atoms. The monoisotopic (exact) mass is 453 g/mol. The molecule has 0 bridgehead atoms. The lowest BCUT2D eigenvalue weighted by atomic mass is 10.0. The molecule has 0 aliphatic rings. The van der Waals surface area contributed by atoms with Crippen LogP contribution in [0.25, 0.3) is 0 Å². The van der Waals surface area contributed by atoms with Crippen LogP contribution in [0.15, 0.2) is 33.4 Å². The molecule has 2 aromatic rings. The Morgan fingerprint density at radius 3 is 2.74 bits per heavy atom. The molecule has 5 heteroatoms. The Morgan fingerprint density at radius 2 is 2.16 bits per heavy atom. The highest BCUT2D eigenvalue weighted by Crippen LogP contribution is 2.33. The standard InChI is InChI=1S/C14H14BrFINS/c1-2-5-18-14(11-7-19-8-12(11)15)10-4-3-9(16)6-13(10)17/h3-4,6-8,14,18H,2,5H2,1H3. The van der Waals surface area contributed by atoms with Gasteiger partial charge in [-0.3, -0.25) is 0 Å². The minimum Gasteiger partial charge on any atom is -0.306 e. The first-order valence-corrected chi connectivity index (χ1v) is 8.84. The molecule has 1 heterocycles. The lowest BCUT2D eigenvalue weighted by Crippen LogP contribution is -2.24. The van der Waals surface area contributed by atoms with Gasteiger partial charge in [0.25, 0.3) is 0 Å². The molecule has 1 atom stereocenters. The first kappa shape index (κ1) is 15.4. The van der Waals surface area contributed by atoms with E-state index in [1.54, 1.807) is 17.4 Å². The molecule has 102 valence electrons. The van der Waals surface area contributed by atoms with E-state index in [9.17, 15) is 4.39 Å². The Hall–Kier alpha value is 0.0200. The normalized spacial score (nSPS) is 12.6. The van der Waals surface area contributed by atoms with Crippen LogP contribution in [0, 0.1) is 9.39 Å². The first-order chi connectivity index (χ1) is 9.13. The Balaban J connectivity index is 2.40. The maximum absolute atomic E-state index is 13.3. The zero-order chi connectivity index (χ0) is 13.8. The van der Waals surface area contributed by atoms with Crippen molar-refractivity contribution in [2.24, 2.45) is 0 Å². The van der Waals surface area contributed by atoms with E-state index < -0.39 is 0 Å². The quantitative estimate of drug-likeness (QED) is 0.602. The van der Waals surface area contributed by atoms with Crippen molar-refractivity contribution in [1.29, 1.82) is 0 Å². The second-order valence-corrected chi connectivity index (χ2v) is 6.99. The molecule has 0 aliphatic carbocycles. The summed E-state index contributed by atoms with van der Waals surface area (Å²) in [6.45, 7) is 3.07. The van der Waals surface area contributed by atoms with Crippen LogP contribution in [0.3, 0.4) is 0 Å². The number of benzene rings is 1. The summed E-state index contributed by atoms with van der Waals surface area (Å²) >= 11 is 7.45. The van der Waals surface area contributed by atoms with E-state index in [0.29, 0.717) is 0 Å². The van der Waals surface area contributed by atoms with Gasteiger partial charge < -0.3 is 5.32 Å². The van der Waals surface area contributed by atoms with Crippen LogP contribution in [0.1, 0.15) is 30.5 Å². The van der Waals surface area contributed by atoms with Crippen molar-refractivity contribution in [3.63, 3.8) is 0 Å². The van der Waals surface area contributed by atoms with Crippen LogP contribution >= 0.6 is 49.9 Å². The van der Waals surface area contributed by atoms with E-state index in [4.69, 9.17) is 0 Å². The topological polar surface area (TPSA) is 12.0 Å². The van der Waals surface area contributed by atoms with Gasteiger partial charge in [0.15, 0.2) is 0 Å². The molecular formula is C14H14BrFINS. The predicted octanol–water partition coefficient (Wildman–Crippen LogP) is 5.34. The average molecular weight is 454 g/mol. The molecule has 1 nitrogen and oxygen atoms in total. The van der Waals surface area contributed by atoms with E-state index in [1.807, 2.05) is 6.07 Å². The molecule has 1 N–H and O–H groups in total. The molecule has 1 unspecified atom stereocenters. The maximum Gasteiger partial charge on any atom is 0.124 e. The van der Waals surface area contributed by atoms with Gasteiger partial charge in [0.2, 0.25) is 0 Å². The van der Waals surface area contributed by atoms with Crippen molar-refractivity contribution in [2.45, 2.75) is 19.4 Å². The number of hydrogen-bond acceptors (Lipinski definition) is 2. The summed E-state index contributed by atoms with van der Waals surface area (Å²) in [6.07, 6.45) is 1.07. The Morgan fingerprint density at radius 1 is 1.37 bits per heavy atom. The summed E-state index contributed by atoms with van der Waals surface area (Å²) in [5.41, 5.74) is 2.33. The lowest BCUT2D eigenvalue weighted by molar-refractivity contribution is 0.590. The zero-order valence-electron chi connectivity index (χ0n) is 10.4. The van der Waals surface area contributed by atoms with Gasteiger partial charge in [0, 0.05) is 13.4 Å². The van der Waals surface area contributed by atoms with Gasteiger partial charge in [-0.05, 0) is 80.1 Å². The molecule has 1 aromatic carbocycles. The fourth-order valence-electron chi connectivity index (χ4n) is 1.91. The summed E-state index contributed by atoms with van der Waals surface area (Å²) in [4.78, 5) is 0. The zero-order valence-corrected chi connectivity index (χ0v) is 15.0. The number of nitrogens with one attached hydrogen (secondary N) is 1. The average Bonchev–Trinajstić information content (AvgIpc) is 2.78. The second kappa shape index (κ2) is 7.15. The van der Waals surface area contributed by atoms with Crippen LogP contribution in [-0.2, 0) is 0 Å². The lowest BCUT2D eigenvalue weighted by Gasteiger charge is -2.20. The van der Waals surface area contributed by atoms with Crippen molar-refractivity contribution in [1.82, 2.24) is 5.32 Å². The van der Waals surface area contributed by atoms with Gasteiger partial charge in [-0.2, -0.15) is 11.3 Å². The van der Waals surface area contributed by atoms with E-state index in [0.717, 1.165) is 26.6 Å². The van der Waals surface area contributed by atoms with Crippen molar-refractivity contribution >= 4 is 49.9 Å². The minimum atomic E-state index is -0.188. The Bertz CT molecular complexity index is 558. The van der Waals surface area contributed by atoms with Crippen LogP contribution in [0.5, 0.6) is 0 Å². The molecule has 0 spiro atoms. The summed E-state index contributed by atoms with van der Waals surface area (Å²) in [5, 5.41) is 7.75. The number of hydrogen-bond donors (Lipinski definition) is 1. The van der Waals surface area contributed by atoms with Gasteiger partial charge >= 0.3 is 0 Å². The van der Waals surface area contributed by atoms with Crippen molar-refractivity contribution in [2.75, 3.05) is 6.54 Å². The highest BCUT2D eigenvalue weighted by molar-refractivity contribution is 14.1. The fourth-order valence-corrected chi connectivity index (χ4v) is 4.25. The third kappa shape index (κ3) is 3.77. The van der Waals surface area contributed by atoms with Gasteiger partial charge in [-0.1, -0.05) is 13.0 Å². The third-order valence-corrected chi connectivity index (χ3v) is 5.51. The molecule has 0 radical (unpaired) electrons. The Kier molecular flexibility index (Phi) is 5.80. The van der Waals surface area contributed by atoms with E-state index in [1.165, 1.54) is 11.6 Å². The van der Waals surface area contributed by atoms with Crippen molar-refractivity contribution in [3.05, 3.63) is 53.9 Å². The smallest absolute Gasteiger partial charge is 0.124 e. The van der Waals surface area contributed by atoms with Gasteiger partial charge in [-0.15, -0.1) is 0 Å². The van der Waals surface area contributed by atoms with Gasteiger partial charge in [-0.25, -0.2) is 4.39 Å². The third-order valence-electron chi connectivity index (χ3n) is 2.83. The number of thiophene rings is 1. The van der Waals surface area contributed by atoms with E-state index >= 15 is 0 Å². The van der Waals surface area contributed by atoms with Crippen LogP contribution in [-0.4, -0.2) is 6.54 Å². The van der Waals surface area contributed by atoms with E-state index in [-0.39, 0.29) is 11.9 Å². The minimum absolute atomic E-state index is 0.105. The number of rotatable bonds is 5. The van der Waals surface area contributed by atoms with Crippen molar-refractivity contribution < 1.29 is 4.39 Å². The predicted molar refractivity (Wildman–Crippen MR) is 91.3 cm³/mol. The first-order valence-electron chi connectivity index (χ1n) is 6.03. The molecule has 0 amide bonds. The van der Waals surface area contributed by atoms with Gasteiger partial charge in [0.05, 0.1) is 6.04 Å². The van der Waals surface area contributed by atoms with Crippen LogP contribution in [0.2, 0.25) is 0 Å². The largest absolute Gasteiger partial charge is 0.306 e. The summed E-state index contributed by atoms with van der Waals surface area (Å²) in [7, 11) is 0. The fraction of sp³-hybridized carbons (Fsp3) is 0.286. The molecule has 2 rings (SSSR count). The maximum atomic E-state index is 13.3. The second-order valence-electron chi connectivity index (χ2n) is 4.23. The van der Waals surface area contributed by atoms with Crippen molar-refractivity contribution in [3.8, 4) is 0 Å². The summed E-state index contributed by atoms with van der Waals surface area (Å²) in [5.74, 6) is -0.188. The van der Waals surface area contributed by atoms with E-state index in [2.05, 4.69) is 61.5 Å².